The van der Waals surface area contributed by atoms with Crippen molar-refractivity contribution in [3.8, 4) is 0 Å². The first-order chi connectivity index (χ1) is 10.1. The smallest absolute Gasteiger partial charge is 0.232 e. The van der Waals surface area contributed by atoms with Gasteiger partial charge in [0.15, 0.2) is 0 Å². The van der Waals surface area contributed by atoms with Crippen LogP contribution in [0.15, 0.2) is 24.3 Å². The molecule has 2 atom stereocenters. The third kappa shape index (κ3) is 5.18. The van der Waals surface area contributed by atoms with Crippen molar-refractivity contribution in [2.24, 2.45) is 0 Å². The molecule has 0 aliphatic carbocycles. The van der Waals surface area contributed by atoms with Crippen molar-refractivity contribution < 1.29 is 14.6 Å². The molecule has 0 aromatic heterocycles. The van der Waals surface area contributed by atoms with E-state index in [0.29, 0.717) is 23.9 Å². The maximum absolute atomic E-state index is 12.2. The topological polar surface area (TPSA) is 49.8 Å². The number of amides is 1. The van der Waals surface area contributed by atoms with E-state index in [-0.39, 0.29) is 24.7 Å². The molecule has 1 amide bonds. The molecular formula is C15H20ClNO3S. The summed E-state index contributed by atoms with van der Waals surface area (Å²) in [6.45, 7) is 2.93. The summed E-state index contributed by atoms with van der Waals surface area (Å²) in [6, 6.07) is 7.67. The molecule has 0 bridgehead atoms. The highest BCUT2D eigenvalue weighted by Crippen LogP contribution is 2.18. The molecule has 1 aromatic carbocycles. The number of aliphatic hydroxyl groups excluding tert-OH is 1. The number of halogens is 1. The van der Waals surface area contributed by atoms with E-state index in [9.17, 15) is 9.90 Å². The third-order valence-electron chi connectivity index (χ3n) is 3.27. The van der Waals surface area contributed by atoms with Crippen LogP contribution < -0.4 is 0 Å². The fraction of sp³-hybridized carbons (Fsp3) is 0.533. The zero-order valence-electron chi connectivity index (χ0n) is 12.0. The zero-order valence-corrected chi connectivity index (χ0v) is 13.6. The molecule has 0 radical (unpaired) electrons. The first-order valence-corrected chi connectivity index (χ1v) is 8.48. The molecule has 0 saturated carbocycles. The van der Waals surface area contributed by atoms with Gasteiger partial charge >= 0.3 is 0 Å². The molecular weight excluding hydrogens is 310 g/mol. The Labute approximate surface area is 134 Å². The Morgan fingerprint density at radius 3 is 3.05 bits per heavy atom. The molecule has 1 saturated heterocycles. The Morgan fingerprint density at radius 2 is 2.33 bits per heavy atom. The van der Waals surface area contributed by atoms with Crippen LogP contribution in [0.1, 0.15) is 12.5 Å². The molecule has 1 aromatic rings. The first kappa shape index (κ1) is 16.6. The van der Waals surface area contributed by atoms with Crippen LogP contribution in [-0.2, 0) is 15.3 Å². The van der Waals surface area contributed by atoms with E-state index in [2.05, 4.69) is 0 Å². The molecule has 2 unspecified atom stereocenters. The maximum Gasteiger partial charge on any atom is 0.232 e. The normalized spacial score (nSPS) is 22.3. The number of morpholine rings is 1. The van der Waals surface area contributed by atoms with Crippen LogP contribution in [0.5, 0.6) is 0 Å². The molecule has 1 aliphatic rings. The number of hydrogen-bond acceptors (Lipinski definition) is 4. The van der Waals surface area contributed by atoms with Gasteiger partial charge in [-0.15, -0.1) is 11.8 Å². The summed E-state index contributed by atoms with van der Waals surface area (Å²) in [5.74, 6) is 1.28. The van der Waals surface area contributed by atoms with Crippen molar-refractivity contribution in [2.45, 2.75) is 24.9 Å². The Kier molecular flexibility index (Phi) is 6.36. The van der Waals surface area contributed by atoms with E-state index in [1.165, 1.54) is 0 Å². The number of benzene rings is 1. The van der Waals surface area contributed by atoms with E-state index >= 15 is 0 Å². The lowest BCUT2D eigenvalue weighted by atomic mass is 10.2. The number of aliphatic hydroxyl groups is 1. The number of carbonyl (C=O) groups is 1. The minimum absolute atomic E-state index is 0.0298. The maximum atomic E-state index is 12.2. The molecule has 21 heavy (non-hydrogen) atoms. The summed E-state index contributed by atoms with van der Waals surface area (Å²) in [7, 11) is 0. The van der Waals surface area contributed by atoms with Gasteiger partial charge in [-0.05, 0) is 24.6 Å². The molecule has 2 rings (SSSR count). The van der Waals surface area contributed by atoms with Gasteiger partial charge in [0.25, 0.3) is 0 Å². The summed E-state index contributed by atoms with van der Waals surface area (Å²) >= 11 is 7.51. The second-order valence-corrected chi connectivity index (χ2v) is 6.59. The number of carbonyl (C=O) groups excluding carboxylic acids is 1. The predicted molar refractivity (Wildman–Crippen MR) is 85.6 cm³/mol. The van der Waals surface area contributed by atoms with E-state index in [4.69, 9.17) is 16.3 Å². The van der Waals surface area contributed by atoms with Crippen molar-refractivity contribution in [2.75, 3.05) is 25.4 Å². The third-order valence-corrected chi connectivity index (χ3v) is 4.49. The minimum Gasteiger partial charge on any atom is -0.394 e. The highest BCUT2D eigenvalue weighted by Gasteiger charge is 2.27. The van der Waals surface area contributed by atoms with E-state index < -0.39 is 0 Å². The van der Waals surface area contributed by atoms with Crippen molar-refractivity contribution in [3.63, 3.8) is 0 Å². The fourth-order valence-corrected chi connectivity index (χ4v) is 3.41. The molecule has 1 heterocycles. The summed E-state index contributed by atoms with van der Waals surface area (Å²) in [5, 5.41) is 9.89. The Morgan fingerprint density at radius 1 is 1.52 bits per heavy atom. The van der Waals surface area contributed by atoms with E-state index in [1.54, 1.807) is 16.7 Å². The lowest BCUT2D eigenvalue weighted by Gasteiger charge is -2.36. The van der Waals surface area contributed by atoms with Crippen molar-refractivity contribution in [3.05, 3.63) is 34.9 Å². The van der Waals surface area contributed by atoms with Crippen LogP contribution in [0.2, 0.25) is 5.02 Å². The van der Waals surface area contributed by atoms with Gasteiger partial charge < -0.3 is 14.7 Å². The average Bonchev–Trinajstić information content (AvgIpc) is 2.46. The van der Waals surface area contributed by atoms with Crippen molar-refractivity contribution in [1.29, 1.82) is 0 Å². The van der Waals surface area contributed by atoms with Crippen LogP contribution >= 0.6 is 23.4 Å². The molecule has 6 heteroatoms. The van der Waals surface area contributed by atoms with Gasteiger partial charge in [-0.2, -0.15) is 0 Å². The highest BCUT2D eigenvalue weighted by atomic mass is 35.5. The van der Waals surface area contributed by atoms with Crippen LogP contribution in [0.4, 0.5) is 0 Å². The van der Waals surface area contributed by atoms with Crippen LogP contribution in [-0.4, -0.2) is 53.6 Å². The fourth-order valence-electron chi connectivity index (χ4n) is 2.32. The summed E-state index contributed by atoms with van der Waals surface area (Å²) in [6.07, 6.45) is -0.298. The monoisotopic (exact) mass is 329 g/mol. The van der Waals surface area contributed by atoms with Gasteiger partial charge in [0.1, 0.15) is 0 Å². The molecule has 4 nitrogen and oxygen atoms in total. The summed E-state index contributed by atoms with van der Waals surface area (Å²) in [5.41, 5.74) is 1.11. The van der Waals surface area contributed by atoms with Gasteiger partial charge in [0.2, 0.25) is 5.91 Å². The second kappa shape index (κ2) is 8.03. The summed E-state index contributed by atoms with van der Waals surface area (Å²) < 4.78 is 5.54. The Hall–Kier alpha value is -0.750. The minimum atomic E-state index is -0.268. The largest absolute Gasteiger partial charge is 0.394 e. The quantitative estimate of drug-likeness (QED) is 0.899. The molecule has 1 N–H and O–H groups in total. The average molecular weight is 330 g/mol. The second-order valence-electron chi connectivity index (χ2n) is 5.17. The number of nitrogens with zero attached hydrogens (tertiary/aromatic N) is 1. The highest BCUT2D eigenvalue weighted by molar-refractivity contribution is 7.99. The van der Waals surface area contributed by atoms with E-state index in [0.717, 1.165) is 11.3 Å². The molecule has 0 spiro atoms. The lowest BCUT2D eigenvalue weighted by Crippen LogP contribution is -2.50. The first-order valence-electron chi connectivity index (χ1n) is 6.94. The van der Waals surface area contributed by atoms with Gasteiger partial charge in [-0.3, -0.25) is 4.79 Å². The number of hydrogen-bond donors (Lipinski definition) is 1. The SMILES string of the molecule is CC1CN(C(=O)CSCc2cccc(Cl)c2)CC(CO)O1. The lowest BCUT2D eigenvalue weighted by molar-refractivity contribution is -0.144. The molecule has 1 fully saturated rings. The van der Waals surface area contributed by atoms with Gasteiger partial charge in [-0.25, -0.2) is 0 Å². The van der Waals surface area contributed by atoms with Crippen molar-refractivity contribution in [1.82, 2.24) is 4.90 Å². The molecule has 1 aliphatic heterocycles. The standard InChI is InChI=1S/C15H20ClNO3S/c1-11-6-17(7-14(8-18)20-11)15(19)10-21-9-12-3-2-4-13(16)5-12/h2-5,11,14,18H,6-10H2,1H3. The van der Waals surface area contributed by atoms with Crippen LogP contribution in [0.25, 0.3) is 0 Å². The van der Waals surface area contributed by atoms with Gasteiger partial charge in [0, 0.05) is 23.9 Å². The van der Waals surface area contributed by atoms with Gasteiger partial charge in [0.05, 0.1) is 24.6 Å². The van der Waals surface area contributed by atoms with Gasteiger partial charge in [-0.1, -0.05) is 23.7 Å². The summed E-state index contributed by atoms with van der Waals surface area (Å²) in [4.78, 5) is 14.0. The Bertz CT molecular complexity index is 486. The van der Waals surface area contributed by atoms with E-state index in [1.807, 2.05) is 31.2 Å². The van der Waals surface area contributed by atoms with Crippen LogP contribution in [0.3, 0.4) is 0 Å². The predicted octanol–water partition coefficient (Wildman–Crippen LogP) is 2.18. The Balaban J connectivity index is 1.79. The molecule has 116 valence electrons. The van der Waals surface area contributed by atoms with Crippen molar-refractivity contribution >= 4 is 29.3 Å². The number of rotatable bonds is 5. The number of thioether (sulfide) groups is 1. The van der Waals surface area contributed by atoms with Crippen LogP contribution in [0, 0.1) is 0 Å². The number of ether oxygens (including phenoxy) is 1. The zero-order chi connectivity index (χ0) is 15.2.